The van der Waals surface area contributed by atoms with E-state index in [-0.39, 0.29) is 23.5 Å². The summed E-state index contributed by atoms with van der Waals surface area (Å²) in [4.78, 5) is 14.3. The van der Waals surface area contributed by atoms with Crippen LogP contribution in [0.2, 0.25) is 0 Å². The summed E-state index contributed by atoms with van der Waals surface area (Å²) in [5.41, 5.74) is 0.787. The summed E-state index contributed by atoms with van der Waals surface area (Å²) in [5.74, 6) is -0.937. The molecule has 0 spiro atoms. The number of carbonyl (C=O) groups is 1. The molecule has 0 aromatic heterocycles. The second-order valence-corrected chi connectivity index (χ2v) is 9.98. The Morgan fingerprint density at radius 1 is 0.921 bits per heavy atom. The lowest BCUT2D eigenvalue weighted by Crippen LogP contribution is -2.52. The third-order valence-corrected chi connectivity index (χ3v) is 7.38. The van der Waals surface area contributed by atoms with Crippen molar-refractivity contribution >= 4 is 5.91 Å². The van der Waals surface area contributed by atoms with Crippen LogP contribution in [-0.2, 0) is 16.5 Å². The van der Waals surface area contributed by atoms with Crippen molar-refractivity contribution < 1.29 is 26.7 Å². The molecule has 3 aromatic carbocycles. The molecule has 0 bridgehead atoms. The second-order valence-electron chi connectivity index (χ2n) is 9.98. The quantitative estimate of drug-likeness (QED) is 0.318. The summed E-state index contributed by atoms with van der Waals surface area (Å²) in [5, 5.41) is 2.94. The Hall–Kier alpha value is -3.26. The van der Waals surface area contributed by atoms with Crippen molar-refractivity contribution in [2.45, 2.75) is 50.2 Å². The fourth-order valence-corrected chi connectivity index (χ4v) is 5.41. The van der Waals surface area contributed by atoms with Crippen molar-refractivity contribution in [1.29, 1.82) is 0 Å². The molecule has 1 heterocycles. The zero-order valence-corrected chi connectivity index (χ0v) is 21.2. The number of nitrogens with zero attached hydrogens (tertiary/aromatic N) is 1. The van der Waals surface area contributed by atoms with E-state index in [1.165, 1.54) is 37.3 Å². The molecule has 1 amide bonds. The van der Waals surface area contributed by atoms with Gasteiger partial charge in [0.15, 0.2) is 0 Å². The number of nitrogens with one attached hydrogen (secondary N) is 1. The van der Waals surface area contributed by atoms with E-state index in [1.54, 1.807) is 30.3 Å². The molecule has 1 aliphatic heterocycles. The fraction of sp³-hybridized carbons (Fsp3) is 0.367. The highest BCUT2D eigenvalue weighted by Crippen LogP contribution is 2.37. The maximum absolute atomic E-state index is 13.5. The summed E-state index contributed by atoms with van der Waals surface area (Å²) in [6.45, 7) is 3.38. The third kappa shape index (κ3) is 6.78. The normalized spacial score (nSPS) is 16.0. The molecule has 202 valence electrons. The van der Waals surface area contributed by atoms with E-state index in [0.29, 0.717) is 31.5 Å². The van der Waals surface area contributed by atoms with E-state index in [2.05, 4.69) is 10.2 Å². The van der Waals surface area contributed by atoms with Gasteiger partial charge in [0.05, 0.1) is 11.1 Å². The minimum Gasteiger partial charge on any atom is -0.347 e. The topological polar surface area (TPSA) is 32.3 Å². The predicted octanol–water partition coefficient (Wildman–Crippen LogP) is 7.02. The number of benzene rings is 3. The Balaban J connectivity index is 1.43. The van der Waals surface area contributed by atoms with E-state index in [1.807, 2.05) is 0 Å². The predicted molar refractivity (Wildman–Crippen MR) is 136 cm³/mol. The van der Waals surface area contributed by atoms with Gasteiger partial charge in [-0.25, -0.2) is 8.78 Å². The molecule has 1 saturated heterocycles. The van der Waals surface area contributed by atoms with Crippen LogP contribution in [0.25, 0.3) is 0 Å². The molecule has 8 heteroatoms. The maximum Gasteiger partial charge on any atom is 0.416 e. The molecule has 0 saturated carbocycles. The average Bonchev–Trinajstić information content (AvgIpc) is 2.88. The van der Waals surface area contributed by atoms with Gasteiger partial charge in [0.25, 0.3) is 0 Å². The summed E-state index contributed by atoms with van der Waals surface area (Å²) >= 11 is 0. The van der Waals surface area contributed by atoms with Crippen LogP contribution in [0.15, 0.2) is 72.8 Å². The molecule has 0 unspecified atom stereocenters. The van der Waals surface area contributed by atoms with Crippen LogP contribution in [0, 0.1) is 11.6 Å². The molecular weight excluding hydrogens is 499 g/mol. The monoisotopic (exact) mass is 530 g/mol. The van der Waals surface area contributed by atoms with E-state index in [0.717, 1.165) is 42.6 Å². The van der Waals surface area contributed by atoms with Gasteiger partial charge in [0, 0.05) is 25.9 Å². The fourth-order valence-electron chi connectivity index (χ4n) is 5.41. The second kappa shape index (κ2) is 11.6. The van der Waals surface area contributed by atoms with E-state index < -0.39 is 17.3 Å². The summed E-state index contributed by atoms with van der Waals surface area (Å²) in [6, 6.07) is 17.9. The zero-order chi connectivity index (χ0) is 27.3. The molecule has 0 atom stereocenters. The van der Waals surface area contributed by atoms with Gasteiger partial charge in [-0.2, -0.15) is 13.2 Å². The lowest BCUT2D eigenvalue weighted by atomic mass is 9.80. The smallest absolute Gasteiger partial charge is 0.347 e. The average molecular weight is 531 g/mol. The number of carbonyl (C=O) groups excluding carboxylic acids is 1. The standard InChI is InChI=1S/C30H31F5N2O/c1-21(38)36-29(24-4-2-5-25(20-24)30(33,34)35)15-18-37(19-16-29)17-3-6-28(22-7-11-26(31)12-8-22)23-9-13-27(32)14-10-23/h2,4-5,7-14,20,28H,3,6,15-19H2,1H3,(H,36,38). The SMILES string of the molecule is CC(=O)NC1(c2cccc(C(F)(F)F)c2)CCN(CCCC(c2ccc(F)cc2)c2ccc(F)cc2)CC1. The number of alkyl halides is 3. The number of likely N-dealkylation sites (tertiary alicyclic amines) is 1. The number of amides is 1. The van der Waals surface area contributed by atoms with Crippen LogP contribution >= 0.6 is 0 Å². The van der Waals surface area contributed by atoms with Gasteiger partial charge in [-0.3, -0.25) is 4.79 Å². The van der Waals surface area contributed by atoms with Crippen molar-refractivity contribution in [3.8, 4) is 0 Å². The number of hydrogen-bond donors (Lipinski definition) is 1. The van der Waals surface area contributed by atoms with Crippen LogP contribution in [-0.4, -0.2) is 30.4 Å². The van der Waals surface area contributed by atoms with Crippen LogP contribution in [0.4, 0.5) is 22.0 Å². The Bertz CT molecular complexity index is 1170. The first kappa shape index (κ1) is 27.8. The summed E-state index contributed by atoms with van der Waals surface area (Å²) in [7, 11) is 0. The third-order valence-electron chi connectivity index (χ3n) is 7.38. The maximum atomic E-state index is 13.5. The van der Waals surface area contributed by atoms with Crippen molar-refractivity contribution in [2.24, 2.45) is 0 Å². The largest absolute Gasteiger partial charge is 0.416 e. The van der Waals surface area contributed by atoms with E-state index in [4.69, 9.17) is 0 Å². The first-order valence-electron chi connectivity index (χ1n) is 12.8. The molecule has 1 N–H and O–H groups in total. The molecule has 38 heavy (non-hydrogen) atoms. The van der Waals surface area contributed by atoms with Crippen LogP contribution in [0.5, 0.6) is 0 Å². The number of hydrogen-bond acceptors (Lipinski definition) is 2. The van der Waals surface area contributed by atoms with Crippen molar-refractivity contribution in [3.63, 3.8) is 0 Å². The molecule has 4 rings (SSSR count). The van der Waals surface area contributed by atoms with Gasteiger partial charge in [0.1, 0.15) is 11.6 Å². The van der Waals surface area contributed by atoms with Gasteiger partial charge in [0.2, 0.25) is 5.91 Å². The lowest BCUT2D eigenvalue weighted by molar-refractivity contribution is -0.137. The minimum absolute atomic E-state index is 0.0235. The molecule has 3 nitrogen and oxygen atoms in total. The van der Waals surface area contributed by atoms with Gasteiger partial charge in [-0.1, -0.05) is 36.4 Å². The van der Waals surface area contributed by atoms with Crippen LogP contribution in [0.3, 0.4) is 0 Å². The molecule has 3 aromatic rings. The van der Waals surface area contributed by atoms with Gasteiger partial charge in [-0.15, -0.1) is 0 Å². The van der Waals surface area contributed by atoms with Crippen molar-refractivity contribution in [1.82, 2.24) is 10.2 Å². The Labute approximate surface area is 219 Å². The first-order valence-corrected chi connectivity index (χ1v) is 12.8. The first-order chi connectivity index (χ1) is 18.1. The number of halogens is 5. The van der Waals surface area contributed by atoms with Gasteiger partial charge in [-0.05, 0) is 85.3 Å². The van der Waals surface area contributed by atoms with Crippen LogP contribution in [0.1, 0.15) is 60.8 Å². The number of rotatable bonds is 8. The van der Waals surface area contributed by atoms with Crippen molar-refractivity contribution in [3.05, 3.63) is 107 Å². The highest BCUT2D eigenvalue weighted by atomic mass is 19.4. The molecule has 0 aliphatic carbocycles. The molecule has 0 radical (unpaired) electrons. The molecular formula is C30H31F5N2O. The van der Waals surface area contributed by atoms with Crippen molar-refractivity contribution in [2.75, 3.05) is 19.6 Å². The minimum atomic E-state index is -4.46. The van der Waals surface area contributed by atoms with E-state index >= 15 is 0 Å². The number of piperidine rings is 1. The molecule has 1 aliphatic rings. The molecule has 1 fully saturated rings. The highest BCUT2D eigenvalue weighted by molar-refractivity contribution is 5.74. The van der Waals surface area contributed by atoms with E-state index in [9.17, 15) is 26.7 Å². The highest BCUT2D eigenvalue weighted by Gasteiger charge is 2.39. The summed E-state index contributed by atoms with van der Waals surface area (Å²) < 4.78 is 67.0. The van der Waals surface area contributed by atoms with Gasteiger partial charge >= 0.3 is 6.18 Å². The Morgan fingerprint density at radius 3 is 1.97 bits per heavy atom. The Morgan fingerprint density at radius 2 is 1.47 bits per heavy atom. The summed E-state index contributed by atoms with van der Waals surface area (Å²) in [6.07, 6.45) is -1.89. The lowest BCUT2D eigenvalue weighted by Gasteiger charge is -2.43. The zero-order valence-electron chi connectivity index (χ0n) is 21.2. The Kier molecular flexibility index (Phi) is 8.51. The van der Waals surface area contributed by atoms with Gasteiger partial charge < -0.3 is 10.2 Å². The van der Waals surface area contributed by atoms with Crippen LogP contribution < -0.4 is 5.32 Å².